The van der Waals surface area contributed by atoms with E-state index >= 15 is 0 Å². The van der Waals surface area contributed by atoms with Crippen LogP contribution in [-0.2, 0) is 30.4 Å². The van der Waals surface area contributed by atoms with Crippen molar-refractivity contribution in [2.75, 3.05) is 17.2 Å². The van der Waals surface area contributed by atoms with Gasteiger partial charge in [0.05, 0.1) is 20.4 Å². The summed E-state index contributed by atoms with van der Waals surface area (Å²) in [5.74, 6) is -0.729. The van der Waals surface area contributed by atoms with Gasteiger partial charge < -0.3 is 9.11 Å². The fraction of sp³-hybridized carbons (Fsp3) is 0.280. The Hall–Kier alpha value is -2.12. The van der Waals surface area contributed by atoms with Gasteiger partial charge in [0.25, 0.3) is 0 Å². The van der Waals surface area contributed by atoms with Gasteiger partial charge in [0.15, 0.2) is 5.71 Å². The van der Waals surface area contributed by atoms with Crippen molar-refractivity contribution < 1.29 is 64.9 Å². The van der Waals surface area contributed by atoms with E-state index in [1.54, 1.807) is 36.6 Å². The maximum atomic E-state index is 12.1. The molecule has 0 saturated heterocycles. The molecule has 0 N–H and O–H groups in total. The number of fused-ring (bicyclic) bond motifs is 1. The number of nitrogens with zero attached hydrogens (tertiary/aromatic N) is 2. The Kier molecular flexibility index (Phi) is 10.2. The standard InChI is InChI=1S/C25H28N2O7S2.Na/c1-19(28)26(20-10-5-4-6-11-20)15-8-7-12-24-25(2,3)22-18-21(36(32,33)34)13-14-23(22)27(24)16-9-17-35(29,30)31;/h4-8,10-15,18H,9,16-17H2,1-3H3,(H-,29,30,31,32,33,34);/q;+1/p-1. The maximum absolute atomic E-state index is 12.1. The molecule has 1 amide bonds. The predicted molar refractivity (Wildman–Crippen MR) is 134 cm³/mol. The molecular weight excluding hydrogens is 527 g/mol. The van der Waals surface area contributed by atoms with Gasteiger partial charge in [-0.25, -0.2) is 16.8 Å². The van der Waals surface area contributed by atoms with Gasteiger partial charge in [0, 0.05) is 48.7 Å². The Morgan fingerprint density at radius 3 is 2.24 bits per heavy atom. The van der Waals surface area contributed by atoms with Crippen LogP contribution in [0.25, 0.3) is 0 Å². The van der Waals surface area contributed by atoms with Crippen LogP contribution >= 0.6 is 0 Å². The van der Waals surface area contributed by atoms with Gasteiger partial charge >= 0.3 is 29.6 Å². The second-order valence-corrected chi connectivity index (χ2v) is 11.7. The zero-order valence-corrected chi connectivity index (χ0v) is 24.8. The molecule has 0 aromatic heterocycles. The number of hydrogen-bond acceptors (Lipinski definition) is 7. The van der Waals surface area contributed by atoms with Crippen LogP contribution in [0.1, 0.15) is 32.8 Å². The van der Waals surface area contributed by atoms with E-state index in [9.17, 15) is 30.7 Å². The molecule has 192 valence electrons. The first-order valence-electron chi connectivity index (χ1n) is 11.1. The average molecular weight is 555 g/mol. The smallest absolute Gasteiger partial charge is 0.748 e. The molecule has 1 aliphatic heterocycles. The number of hydrogen-bond donors (Lipinski definition) is 0. The largest absolute Gasteiger partial charge is 1.00 e. The third kappa shape index (κ3) is 7.70. The van der Waals surface area contributed by atoms with Gasteiger partial charge in [-0.05, 0) is 44.2 Å². The molecule has 37 heavy (non-hydrogen) atoms. The normalized spacial score (nSPS) is 15.2. The number of allylic oxidation sites excluding steroid dienone is 3. The molecule has 1 aliphatic rings. The molecule has 1 heterocycles. The molecule has 9 nitrogen and oxygen atoms in total. The Morgan fingerprint density at radius 1 is 1.03 bits per heavy atom. The van der Waals surface area contributed by atoms with Crippen molar-refractivity contribution in [3.63, 3.8) is 0 Å². The van der Waals surface area contributed by atoms with Crippen LogP contribution in [0.15, 0.2) is 77.9 Å². The molecule has 0 unspecified atom stereocenters. The summed E-state index contributed by atoms with van der Waals surface area (Å²) in [6, 6.07) is 13.1. The fourth-order valence-corrected chi connectivity index (χ4v) is 5.17. The number of para-hydroxylation sites is 1. The Labute approximate surface area is 240 Å². The van der Waals surface area contributed by atoms with Crippen molar-refractivity contribution in [1.82, 2.24) is 0 Å². The van der Waals surface area contributed by atoms with E-state index in [0.29, 0.717) is 22.6 Å². The number of benzene rings is 2. The van der Waals surface area contributed by atoms with E-state index in [1.165, 1.54) is 30.0 Å². The molecule has 2 aromatic carbocycles. The van der Waals surface area contributed by atoms with Gasteiger partial charge in [-0.3, -0.25) is 9.69 Å². The molecule has 0 bridgehead atoms. The van der Waals surface area contributed by atoms with Crippen LogP contribution in [0, 0.1) is 0 Å². The minimum Gasteiger partial charge on any atom is -0.748 e. The Balaban J connectivity index is 0.00000481. The molecule has 0 saturated carbocycles. The molecule has 0 aliphatic carbocycles. The van der Waals surface area contributed by atoms with Crippen LogP contribution in [0.2, 0.25) is 0 Å². The number of carbonyl (C=O) groups excluding carboxylic acids is 1. The van der Waals surface area contributed by atoms with Crippen LogP contribution in [0.3, 0.4) is 0 Å². The minimum atomic E-state index is -4.68. The SMILES string of the molecule is CC(=O)N(/C=C/C=C/C1=[N+](CCCS(=O)(=O)[O-])c2ccc(S(=O)(=O)[O-])cc2C1(C)C)c1ccccc1.[Na+]. The van der Waals surface area contributed by atoms with E-state index in [-0.39, 0.29) is 53.3 Å². The molecular formula is C25H27N2NaO7S2. The third-order valence-electron chi connectivity index (χ3n) is 5.90. The first-order valence-corrected chi connectivity index (χ1v) is 14.1. The molecule has 3 rings (SSSR count). The molecule has 12 heteroatoms. The first kappa shape index (κ1) is 31.1. The van der Waals surface area contributed by atoms with E-state index in [2.05, 4.69) is 0 Å². The Bertz CT molecular complexity index is 1460. The van der Waals surface area contributed by atoms with E-state index < -0.39 is 31.4 Å². The van der Waals surface area contributed by atoms with Crippen molar-refractivity contribution >= 4 is 43.2 Å². The van der Waals surface area contributed by atoms with Crippen molar-refractivity contribution in [2.24, 2.45) is 0 Å². The minimum absolute atomic E-state index is 0. The second kappa shape index (κ2) is 12.2. The van der Waals surface area contributed by atoms with Crippen molar-refractivity contribution in [1.29, 1.82) is 0 Å². The van der Waals surface area contributed by atoms with E-state index in [0.717, 1.165) is 0 Å². The molecule has 0 spiro atoms. The number of amides is 1. The summed E-state index contributed by atoms with van der Waals surface area (Å²) in [6.45, 7) is 5.34. The van der Waals surface area contributed by atoms with E-state index in [4.69, 9.17) is 0 Å². The van der Waals surface area contributed by atoms with Crippen LogP contribution in [-0.4, -0.2) is 54.4 Å². The van der Waals surface area contributed by atoms with Gasteiger partial charge in [0.2, 0.25) is 11.6 Å². The van der Waals surface area contributed by atoms with Gasteiger partial charge in [-0.15, -0.1) is 0 Å². The number of carbonyl (C=O) groups is 1. The van der Waals surface area contributed by atoms with Gasteiger partial charge in [-0.1, -0.05) is 24.3 Å². The summed E-state index contributed by atoms with van der Waals surface area (Å²) in [5.41, 5.74) is 1.87. The number of anilines is 1. The number of rotatable bonds is 9. The summed E-state index contributed by atoms with van der Waals surface area (Å²) in [6.07, 6.45) is 6.83. The monoisotopic (exact) mass is 554 g/mol. The zero-order chi connectivity index (χ0) is 26.7. The molecule has 0 atom stereocenters. The van der Waals surface area contributed by atoms with Crippen molar-refractivity contribution in [2.45, 2.75) is 37.5 Å². The second-order valence-electron chi connectivity index (χ2n) is 8.84. The first-order chi connectivity index (χ1) is 16.7. The summed E-state index contributed by atoms with van der Waals surface area (Å²) < 4.78 is 70.0. The van der Waals surface area contributed by atoms with Gasteiger partial charge in [-0.2, -0.15) is 4.58 Å². The van der Waals surface area contributed by atoms with Crippen molar-refractivity contribution in [3.05, 3.63) is 78.5 Å². The van der Waals surface area contributed by atoms with E-state index in [1.807, 2.05) is 36.6 Å². The fourth-order valence-electron chi connectivity index (χ4n) is 4.19. The van der Waals surface area contributed by atoms with Crippen LogP contribution in [0.5, 0.6) is 0 Å². The van der Waals surface area contributed by atoms with Gasteiger partial charge in [0.1, 0.15) is 16.7 Å². The summed E-state index contributed by atoms with van der Waals surface area (Å²) in [5, 5.41) is 0. The van der Waals surface area contributed by atoms with Crippen molar-refractivity contribution in [3.8, 4) is 0 Å². The topological polar surface area (TPSA) is 138 Å². The summed E-state index contributed by atoms with van der Waals surface area (Å²) >= 11 is 0. The zero-order valence-electron chi connectivity index (χ0n) is 21.1. The molecule has 0 radical (unpaired) electrons. The molecule has 0 fully saturated rings. The van der Waals surface area contributed by atoms with Crippen LogP contribution < -0.4 is 34.5 Å². The predicted octanol–water partition coefficient (Wildman–Crippen LogP) is 0.0292. The summed E-state index contributed by atoms with van der Waals surface area (Å²) in [7, 11) is -9.08. The average Bonchev–Trinajstić information content (AvgIpc) is 2.98. The molecule has 2 aromatic rings. The quantitative estimate of drug-likeness (QED) is 0.185. The van der Waals surface area contributed by atoms with Crippen LogP contribution in [0.4, 0.5) is 11.4 Å². The summed E-state index contributed by atoms with van der Waals surface area (Å²) in [4.78, 5) is 13.2. The maximum Gasteiger partial charge on any atom is 1.00 e. The third-order valence-corrected chi connectivity index (χ3v) is 7.52. The Morgan fingerprint density at radius 2 is 1.68 bits per heavy atom.